The Morgan fingerprint density at radius 3 is 2.53 bits per heavy atom. The first-order chi connectivity index (χ1) is 15.5. The minimum atomic E-state index is -4.11. The first kappa shape index (κ1) is 21.4. The number of rotatable bonds is 9. The van der Waals surface area contributed by atoms with E-state index >= 15 is 0 Å². The predicted molar refractivity (Wildman–Crippen MR) is 113 cm³/mol. The van der Waals surface area contributed by atoms with E-state index in [1.807, 2.05) is 6.07 Å². The van der Waals surface area contributed by atoms with Crippen molar-refractivity contribution < 1.29 is 27.0 Å². The Hall–Kier alpha value is -3.87. The number of nitrogens with one attached hydrogen (secondary N) is 2. The molecule has 0 unspecified atom stereocenters. The SMILES string of the molecule is COc1nc(NS(=O)(=O)c2c[nH]c3c(-n4cccn4)cccc23)nc(OC)c1OCCF. The summed E-state index contributed by atoms with van der Waals surface area (Å²) in [5.41, 5.74) is 1.27. The van der Waals surface area contributed by atoms with Crippen LogP contribution in [0.15, 0.2) is 47.8 Å². The molecule has 3 aromatic heterocycles. The van der Waals surface area contributed by atoms with Crippen LogP contribution in [0.1, 0.15) is 0 Å². The molecule has 0 fully saturated rings. The number of fused-ring (bicyclic) bond motifs is 1. The fraction of sp³-hybridized carbons (Fsp3) is 0.211. The molecular weight excluding hydrogens is 443 g/mol. The van der Waals surface area contributed by atoms with Gasteiger partial charge < -0.3 is 19.2 Å². The maximum absolute atomic E-state index is 13.1. The Balaban J connectivity index is 1.72. The van der Waals surface area contributed by atoms with Crippen molar-refractivity contribution >= 4 is 26.9 Å². The third kappa shape index (κ3) is 3.89. The lowest BCUT2D eigenvalue weighted by atomic mass is 10.2. The lowest BCUT2D eigenvalue weighted by Crippen LogP contribution is -2.16. The van der Waals surface area contributed by atoms with Crippen molar-refractivity contribution in [3.05, 3.63) is 42.9 Å². The fourth-order valence-electron chi connectivity index (χ4n) is 3.11. The van der Waals surface area contributed by atoms with Crippen LogP contribution in [0.2, 0.25) is 0 Å². The maximum atomic E-state index is 13.1. The first-order valence-electron chi connectivity index (χ1n) is 9.30. The lowest BCUT2D eigenvalue weighted by molar-refractivity contribution is 0.240. The summed E-state index contributed by atoms with van der Waals surface area (Å²) in [6.45, 7) is -1.02. The molecule has 0 amide bonds. The number of alkyl halides is 1. The molecule has 0 saturated heterocycles. The highest BCUT2D eigenvalue weighted by Crippen LogP contribution is 2.36. The Labute approximate surface area is 182 Å². The van der Waals surface area contributed by atoms with E-state index in [9.17, 15) is 12.8 Å². The molecule has 0 bridgehead atoms. The average molecular weight is 462 g/mol. The summed E-state index contributed by atoms with van der Waals surface area (Å²) < 4.78 is 58.2. The maximum Gasteiger partial charge on any atom is 0.266 e. The van der Waals surface area contributed by atoms with Gasteiger partial charge in [0.25, 0.3) is 21.8 Å². The smallest absolute Gasteiger partial charge is 0.266 e. The number of sulfonamides is 1. The molecule has 1 aromatic carbocycles. The number of hydrogen-bond donors (Lipinski definition) is 2. The Bertz CT molecular complexity index is 1310. The highest BCUT2D eigenvalue weighted by atomic mass is 32.2. The number of para-hydroxylation sites is 1. The topological polar surface area (TPSA) is 133 Å². The Kier molecular flexibility index (Phi) is 5.81. The third-order valence-electron chi connectivity index (χ3n) is 4.44. The largest absolute Gasteiger partial charge is 0.481 e. The van der Waals surface area contributed by atoms with Gasteiger partial charge in [0, 0.05) is 24.0 Å². The number of benzene rings is 1. The second kappa shape index (κ2) is 8.70. The summed E-state index contributed by atoms with van der Waals surface area (Å²) in [4.78, 5) is 11.0. The molecule has 4 rings (SSSR count). The van der Waals surface area contributed by atoms with E-state index in [1.165, 1.54) is 20.4 Å². The van der Waals surface area contributed by atoms with E-state index in [2.05, 4.69) is 24.8 Å². The van der Waals surface area contributed by atoms with Gasteiger partial charge in [0.05, 0.1) is 25.4 Å². The average Bonchev–Trinajstić information content (AvgIpc) is 3.47. The zero-order valence-electron chi connectivity index (χ0n) is 17.1. The van der Waals surface area contributed by atoms with E-state index in [1.54, 1.807) is 35.3 Å². The number of nitrogens with zero attached hydrogens (tertiary/aromatic N) is 4. The molecular formula is C19H19FN6O5S. The lowest BCUT2D eigenvalue weighted by Gasteiger charge is -2.14. The second-order valence-corrected chi connectivity index (χ2v) is 7.99. The summed E-state index contributed by atoms with van der Waals surface area (Å²) in [7, 11) is -1.50. The van der Waals surface area contributed by atoms with Crippen LogP contribution in [0.3, 0.4) is 0 Å². The molecule has 2 N–H and O–H groups in total. The number of anilines is 1. The van der Waals surface area contributed by atoms with E-state index in [0.29, 0.717) is 16.6 Å². The molecule has 0 saturated carbocycles. The van der Waals surface area contributed by atoms with Crippen molar-refractivity contribution in [3.63, 3.8) is 0 Å². The Morgan fingerprint density at radius 2 is 1.91 bits per heavy atom. The van der Waals surface area contributed by atoms with Gasteiger partial charge in [0.1, 0.15) is 18.2 Å². The van der Waals surface area contributed by atoms with Crippen molar-refractivity contribution in [2.75, 3.05) is 32.2 Å². The first-order valence-corrected chi connectivity index (χ1v) is 10.8. The highest BCUT2D eigenvalue weighted by Gasteiger charge is 2.24. The van der Waals surface area contributed by atoms with E-state index in [4.69, 9.17) is 14.2 Å². The molecule has 13 heteroatoms. The summed E-state index contributed by atoms with van der Waals surface area (Å²) >= 11 is 0. The van der Waals surface area contributed by atoms with Gasteiger partial charge in [0.2, 0.25) is 11.7 Å². The van der Waals surface area contributed by atoms with Crippen molar-refractivity contribution in [2.24, 2.45) is 0 Å². The van der Waals surface area contributed by atoms with Gasteiger partial charge in [0.15, 0.2) is 0 Å². The standard InChI is InChI=1S/C19H19FN6O5S/c1-29-17-16(31-10-7-20)18(30-2)24-19(23-17)25-32(27,28)14-11-21-15-12(14)5-3-6-13(15)26-9-4-8-22-26/h3-6,8-9,11,21H,7,10H2,1-2H3,(H,23,24,25). The monoisotopic (exact) mass is 462 g/mol. The van der Waals surface area contributed by atoms with Crippen LogP contribution in [-0.2, 0) is 10.0 Å². The molecule has 32 heavy (non-hydrogen) atoms. The van der Waals surface area contributed by atoms with Crippen LogP contribution >= 0.6 is 0 Å². The van der Waals surface area contributed by atoms with E-state index in [0.717, 1.165) is 0 Å². The zero-order chi connectivity index (χ0) is 22.7. The van der Waals surface area contributed by atoms with Gasteiger partial charge in [-0.25, -0.2) is 22.2 Å². The van der Waals surface area contributed by atoms with Gasteiger partial charge >= 0.3 is 0 Å². The summed E-state index contributed by atoms with van der Waals surface area (Å²) in [5, 5.41) is 4.64. The van der Waals surface area contributed by atoms with Gasteiger partial charge in [-0.1, -0.05) is 12.1 Å². The van der Waals surface area contributed by atoms with Crippen molar-refractivity contribution in [2.45, 2.75) is 4.90 Å². The third-order valence-corrected chi connectivity index (χ3v) is 5.80. The zero-order valence-corrected chi connectivity index (χ0v) is 17.9. The molecule has 0 aliphatic rings. The number of aromatic nitrogens is 5. The molecule has 0 spiro atoms. The molecule has 3 heterocycles. The number of halogens is 1. The molecule has 0 aliphatic heterocycles. The molecule has 0 aliphatic carbocycles. The molecule has 4 aromatic rings. The molecule has 0 atom stereocenters. The van der Waals surface area contributed by atoms with Crippen molar-refractivity contribution in [3.8, 4) is 23.2 Å². The van der Waals surface area contributed by atoms with Gasteiger partial charge in [-0.15, -0.1) is 0 Å². The summed E-state index contributed by atoms with van der Waals surface area (Å²) in [6.07, 6.45) is 4.74. The molecule has 0 radical (unpaired) electrons. The van der Waals surface area contributed by atoms with Crippen LogP contribution in [-0.4, -0.2) is 60.7 Å². The van der Waals surface area contributed by atoms with Crippen LogP contribution in [0, 0.1) is 0 Å². The van der Waals surface area contributed by atoms with Gasteiger partial charge in [-0.05, 0) is 12.1 Å². The van der Waals surface area contributed by atoms with Gasteiger partial charge in [-0.3, -0.25) is 0 Å². The fourth-order valence-corrected chi connectivity index (χ4v) is 4.22. The quantitative estimate of drug-likeness (QED) is 0.387. The predicted octanol–water partition coefficient (Wildman–Crippen LogP) is 2.31. The number of hydrogen-bond acceptors (Lipinski definition) is 8. The van der Waals surface area contributed by atoms with E-state index in [-0.39, 0.29) is 35.0 Å². The second-order valence-electron chi connectivity index (χ2n) is 6.34. The van der Waals surface area contributed by atoms with Crippen LogP contribution in [0.25, 0.3) is 16.6 Å². The Morgan fingerprint density at radius 1 is 1.16 bits per heavy atom. The van der Waals surface area contributed by atoms with E-state index < -0.39 is 16.7 Å². The summed E-state index contributed by atoms with van der Waals surface area (Å²) in [6, 6.07) is 6.97. The van der Waals surface area contributed by atoms with Crippen LogP contribution in [0.4, 0.5) is 10.3 Å². The van der Waals surface area contributed by atoms with Crippen LogP contribution < -0.4 is 18.9 Å². The number of ether oxygens (including phenoxy) is 3. The number of H-pyrrole nitrogens is 1. The minimum Gasteiger partial charge on any atom is -0.481 e. The summed E-state index contributed by atoms with van der Waals surface area (Å²) in [5.74, 6) is -0.554. The number of aromatic amines is 1. The van der Waals surface area contributed by atoms with Crippen LogP contribution in [0.5, 0.6) is 17.5 Å². The van der Waals surface area contributed by atoms with Gasteiger partial charge in [-0.2, -0.15) is 15.1 Å². The highest BCUT2D eigenvalue weighted by molar-refractivity contribution is 7.93. The van der Waals surface area contributed by atoms with Crippen molar-refractivity contribution in [1.29, 1.82) is 0 Å². The minimum absolute atomic E-state index is 0.0132. The normalized spacial score (nSPS) is 11.5. The van der Waals surface area contributed by atoms with Crippen molar-refractivity contribution in [1.82, 2.24) is 24.7 Å². The number of methoxy groups -OCH3 is 2. The molecule has 168 valence electrons. The molecule has 11 nitrogen and oxygen atoms in total.